The first-order chi connectivity index (χ1) is 8.06. The standard InChI is InChI=1S/C11H10BrN3OS/c1-15-6-7(5-13-15)14-11(16)9-4-8(17)2-3-10(9)12/h2-6,17H,1H3,(H,14,16). The fourth-order valence-electron chi connectivity index (χ4n) is 1.37. The second-order valence-electron chi connectivity index (χ2n) is 3.52. The third kappa shape index (κ3) is 2.89. The topological polar surface area (TPSA) is 46.9 Å². The zero-order valence-electron chi connectivity index (χ0n) is 9.01. The van der Waals surface area contributed by atoms with Crippen molar-refractivity contribution in [2.45, 2.75) is 4.90 Å². The van der Waals surface area contributed by atoms with Crippen LogP contribution in [0, 0.1) is 0 Å². The Kier molecular flexibility index (Phi) is 3.54. The number of carbonyl (C=O) groups excluding carboxylic acids is 1. The van der Waals surface area contributed by atoms with Crippen molar-refractivity contribution < 1.29 is 4.79 Å². The van der Waals surface area contributed by atoms with Crippen molar-refractivity contribution >= 4 is 40.2 Å². The Morgan fingerprint density at radius 1 is 1.53 bits per heavy atom. The van der Waals surface area contributed by atoms with Crippen molar-refractivity contribution in [3.05, 3.63) is 40.6 Å². The molecule has 2 rings (SSSR count). The Labute approximate surface area is 113 Å². The van der Waals surface area contributed by atoms with Crippen LogP contribution in [0.15, 0.2) is 40.0 Å². The van der Waals surface area contributed by atoms with Gasteiger partial charge in [-0.25, -0.2) is 0 Å². The van der Waals surface area contributed by atoms with Crippen LogP contribution in [0.1, 0.15) is 10.4 Å². The molecule has 88 valence electrons. The molecular weight excluding hydrogens is 302 g/mol. The molecule has 1 heterocycles. The smallest absolute Gasteiger partial charge is 0.256 e. The minimum absolute atomic E-state index is 0.194. The molecule has 17 heavy (non-hydrogen) atoms. The normalized spacial score (nSPS) is 10.3. The maximum Gasteiger partial charge on any atom is 0.256 e. The summed E-state index contributed by atoms with van der Waals surface area (Å²) in [5, 5.41) is 6.74. The summed E-state index contributed by atoms with van der Waals surface area (Å²) in [6, 6.07) is 5.31. The number of nitrogens with one attached hydrogen (secondary N) is 1. The lowest BCUT2D eigenvalue weighted by atomic mass is 10.2. The Morgan fingerprint density at radius 2 is 2.29 bits per heavy atom. The fraction of sp³-hybridized carbons (Fsp3) is 0.0909. The molecule has 6 heteroatoms. The molecule has 0 spiro atoms. The maximum absolute atomic E-state index is 12.0. The van der Waals surface area contributed by atoms with Crippen molar-refractivity contribution in [3.63, 3.8) is 0 Å². The number of rotatable bonds is 2. The Morgan fingerprint density at radius 3 is 2.94 bits per heavy atom. The third-order valence-corrected chi connectivity index (χ3v) is 3.13. The van der Waals surface area contributed by atoms with Crippen molar-refractivity contribution in [2.24, 2.45) is 7.05 Å². The fourth-order valence-corrected chi connectivity index (χ4v) is 2.00. The predicted molar refractivity (Wildman–Crippen MR) is 72.6 cm³/mol. The minimum Gasteiger partial charge on any atom is -0.319 e. The molecular formula is C11H10BrN3OS. The highest BCUT2D eigenvalue weighted by molar-refractivity contribution is 9.10. The number of thiol groups is 1. The van der Waals surface area contributed by atoms with E-state index >= 15 is 0 Å². The third-order valence-electron chi connectivity index (χ3n) is 2.16. The number of halogens is 1. The van der Waals surface area contributed by atoms with E-state index in [0.717, 1.165) is 9.37 Å². The molecule has 2 aromatic rings. The van der Waals surface area contributed by atoms with Crippen molar-refractivity contribution in [1.29, 1.82) is 0 Å². The second kappa shape index (κ2) is 4.93. The summed E-state index contributed by atoms with van der Waals surface area (Å²) in [5.41, 5.74) is 1.20. The van der Waals surface area contributed by atoms with Crippen LogP contribution in [0.4, 0.5) is 5.69 Å². The zero-order chi connectivity index (χ0) is 12.4. The van der Waals surface area contributed by atoms with Gasteiger partial charge in [-0.1, -0.05) is 0 Å². The molecule has 0 aliphatic carbocycles. The minimum atomic E-state index is -0.194. The summed E-state index contributed by atoms with van der Waals surface area (Å²) in [4.78, 5) is 12.7. The molecule has 0 bridgehead atoms. The molecule has 0 saturated carbocycles. The lowest BCUT2D eigenvalue weighted by Gasteiger charge is -2.05. The summed E-state index contributed by atoms with van der Waals surface area (Å²) < 4.78 is 2.36. The summed E-state index contributed by atoms with van der Waals surface area (Å²) in [5.74, 6) is -0.194. The van der Waals surface area contributed by atoms with Crippen LogP contribution in [0.25, 0.3) is 0 Å². The van der Waals surface area contributed by atoms with E-state index in [4.69, 9.17) is 0 Å². The summed E-state index contributed by atoms with van der Waals surface area (Å²) in [6.45, 7) is 0. The van der Waals surface area contributed by atoms with Crippen molar-refractivity contribution in [2.75, 3.05) is 5.32 Å². The van der Waals surface area contributed by atoms with Crippen molar-refractivity contribution in [1.82, 2.24) is 9.78 Å². The predicted octanol–water partition coefficient (Wildman–Crippen LogP) is 2.72. The van der Waals surface area contributed by atoms with E-state index in [9.17, 15) is 4.79 Å². The van der Waals surface area contributed by atoms with Gasteiger partial charge in [0, 0.05) is 22.6 Å². The molecule has 4 nitrogen and oxygen atoms in total. The largest absolute Gasteiger partial charge is 0.319 e. The Hall–Kier alpha value is -1.27. The quantitative estimate of drug-likeness (QED) is 0.838. The number of amides is 1. The highest BCUT2D eigenvalue weighted by Gasteiger charge is 2.11. The SMILES string of the molecule is Cn1cc(NC(=O)c2cc(S)ccc2Br)cn1. The van der Waals surface area contributed by atoms with Crippen molar-refractivity contribution in [3.8, 4) is 0 Å². The monoisotopic (exact) mass is 311 g/mol. The van der Waals surface area contributed by atoms with Crippen LogP contribution in [-0.2, 0) is 7.05 Å². The van der Waals surface area contributed by atoms with Gasteiger partial charge in [0.05, 0.1) is 17.4 Å². The molecule has 0 aliphatic rings. The van der Waals surface area contributed by atoms with Gasteiger partial charge in [0.15, 0.2) is 0 Å². The van der Waals surface area contributed by atoms with E-state index in [2.05, 4.69) is 39.0 Å². The number of aromatic nitrogens is 2. The van der Waals surface area contributed by atoms with E-state index in [1.807, 2.05) is 6.07 Å². The van der Waals surface area contributed by atoms with Gasteiger partial charge in [-0.3, -0.25) is 9.48 Å². The van der Waals surface area contributed by atoms with Gasteiger partial charge in [-0.2, -0.15) is 5.10 Å². The first-order valence-electron chi connectivity index (χ1n) is 4.85. The second-order valence-corrected chi connectivity index (χ2v) is 4.89. The molecule has 0 fully saturated rings. The van der Waals surface area contributed by atoms with Gasteiger partial charge >= 0.3 is 0 Å². The number of hydrogen-bond acceptors (Lipinski definition) is 3. The number of nitrogens with zero attached hydrogens (tertiary/aromatic N) is 2. The lowest BCUT2D eigenvalue weighted by Crippen LogP contribution is -2.12. The van der Waals surface area contributed by atoms with Gasteiger partial charge in [-0.05, 0) is 34.1 Å². The van der Waals surface area contributed by atoms with Gasteiger partial charge in [0.2, 0.25) is 0 Å². The Bertz CT molecular complexity index is 568. The van der Waals surface area contributed by atoms with Gasteiger partial charge < -0.3 is 5.32 Å². The lowest BCUT2D eigenvalue weighted by molar-refractivity contribution is 0.102. The van der Waals surface area contributed by atoms with Crippen LogP contribution >= 0.6 is 28.6 Å². The molecule has 0 saturated heterocycles. The first-order valence-corrected chi connectivity index (χ1v) is 6.09. The van der Waals surface area contributed by atoms with E-state index in [0.29, 0.717) is 11.3 Å². The average Bonchev–Trinajstić information content (AvgIpc) is 2.67. The molecule has 0 unspecified atom stereocenters. The molecule has 1 amide bonds. The molecule has 0 aliphatic heterocycles. The average molecular weight is 312 g/mol. The van der Waals surface area contributed by atoms with Crippen LogP contribution in [0.3, 0.4) is 0 Å². The number of hydrogen-bond donors (Lipinski definition) is 2. The summed E-state index contributed by atoms with van der Waals surface area (Å²) in [6.07, 6.45) is 3.33. The van der Waals surface area contributed by atoms with Gasteiger partial charge in [0.1, 0.15) is 0 Å². The van der Waals surface area contributed by atoms with E-state index in [1.165, 1.54) is 0 Å². The highest BCUT2D eigenvalue weighted by Crippen LogP contribution is 2.21. The van der Waals surface area contributed by atoms with Crippen LogP contribution in [-0.4, -0.2) is 15.7 Å². The van der Waals surface area contributed by atoms with Crippen LogP contribution in [0.5, 0.6) is 0 Å². The molecule has 1 aromatic carbocycles. The van der Waals surface area contributed by atoms with Gasteiger partial charge in [-0.15, -0.1) is 12.6 Å². The summed E-state index contributed by atoms with van der Waals surface area (Å²) >= 11 is 7.54. The summed E-state index contributed by atoms with van der Waals surface area (Å²) in [7, 11) is 1.79. The Balaban J connectivity index is 2.22. The van der Waals surface area contributed by atoms with Crippen LogP contribution in [0.2, 0.25) is 0 Å². The number of benzene rings is 1. The maximum atomic E-state index is 12.0. The number of aryl methyl sites for hydroxylation is 1. The van der Waals surface area contributed by atoms with E-state index in [-0.39, 0.29) is 5.91 Å². The van der Waals surface area contributed by atoms with E-state index in [1.54, 1.807) is 36.3 Å². The molecule has 0 atom stereocenters. The van der Waals surface area contributed by atoms with E-state index < -0.39 is 0 Å². The van der Waals surface area contributed by atoms with Gasteiger partial charge in [0.25, 0.3) is 5.91 Å². The molecule has 0 radical (unpaired) electrons. The first kappa shape index (κ1) is 12.2. The number of carbonyl (C=O) groups is 1. The van der Waals surface area contributed by atoms with Crippen LogP contribution < -0.4 is 5.32 Å². The molecule has 1 N–H and O–H groups in total. The zero-order valence-corrected chi connectivity index (χ0v) is 11.5. The number of anilines is 1. The molecule has 1 aromatic heterocycles. The highest BCUT2D eigenvalue weighted by atomic mass is 79.9.